The topological polar surface area (TPSA) is 61.9 Å². The Morgan fingerprint density at radius 1 is 0.943 bits per heavy atom. The number of carbonyl (C=O) groups is 2. The van der Waals surface area contributed by atoms with E-state index in [0.717, 1.165) is 54.0 Å². The molecule has 2 rings (SSSR count). The monoisotopic (exact) mass is 481 g/mol. The largest absolute Gasteiger partial charge is 0.469 e. The first-order valence-corrected chi connectivity index (χ1v) is 13.0. The summed E-state index contributed by atoms with van der Waals surface area (Å²) in [5, 5.41) is 3.04. The number of urea groups is 1. The minimum atomic E-state index is -0.201. The third-order valence-corrected chi connectivity index (χ3v) is 6.42. The van der Waals surface area contributed by atoms with E-state index in [-0.39, 0.29) is 12.0 Å². The summed E-state index contributed by atoms with van der Waals surface area (Å²) in [6, 6.07) is 14.4. The molecule has 0 aliphatic heterocycles. The molecule has 0 bridgehead atoms. The Balaban J connectivity index is 2.21. The van der Waals surface area contributed by atoms with Crippen molar-refractivity contribution in [3.05, 3.63) is 48.0 Å². The normalized spacial score (nSPS) is 10.7. The van der Waals surface area contributed by atoms with Gasteiger partial charge in [0, 0.05) is 50.0 Å². The highest BCUT2D eigenvalue weighted by atomic mass is 16.5. The Kier molecular flexibility index (Phi) is 12.2. The average Bonchev–Trinajstić information content (AvgIpc) is 2.89. The fraction of sp³-hybridized carbons (Fsp3) is 0.517. The number of hydrogen-bond donors (Lipinski definition) is 1. The zero-order chi connectivity index (χ0) is 25.6. The van der Waals surface area contributed by atoms with Gasteiger partial charge in [0.15, 0.2) is 0 Å². The number of esters is 1. The van der Waals surface area contributed by atoms with Gasteiger partial charge in [-0.2, -0.15) is 0 Å². The van der Waals surface area contributed by atoms with Gasteiger partial charge in [0.05, 0.1) is 7.11 Å². The molecule has 0 radical (unpaired) electrons. The van der Waals surface area contributed by atoms with Gasteiger partial charge in [-0.05, 0) is 56.0 Å². The Labute approximate surface area is 211 Å². The van der Waals surface area contributed by atoms with Gasteiger partial charge >= 0.3 is 12.0 Å². The maximum atomic E-state index is 12.7. The summed E-state index contributed by atoms with van der Waals surface area (Å²) < 4.78 is 4.80. The third kappa shape index (κ3) is 8.61. The summed E-state index contributed by atoms with van der Waals surface area (Å²) in [6.45, 7) is 8.95. The molecule has 6 nitrogen and oxygen atoms in total. The second kappa shape index (κ2) is 15.1. The van der Waals surface area contributed by atoms with Gasteiger partial charge in [-0.25, -0.2) is 4.79 Å². The molecule has 2 amide bonds. The summed E-state index contributed by atoms with van der Waals surface area (Å²) in [5.74, 6) is -0.201. The van der Waals surface area contributed by atoms with E-state index in [4.69, 9.17) is 4.74 Å². The molecule has 0 fully saturated rings. The second-order valence-electron chi connectivity index (χ2n) is 8.86. The van der Waals surface area contributed by atoms with E-state index < -0.39 is 0 Å². The molecule has 6 heteroatoms. The lowest BCUT2D eigenvalue weighted by molar-refractivity contribution is -0.140. The Hall–Kier alpha value is -3.02. The first-order chi connectivity index (χ1) is 16.9. The molecule has 0 saturated carbocycles. The molecule has 192 valence electrons. The molecule has 0 saturated heterocycles. The molecule has 1 N–H and O–H groups in total. The van der Waals surface area contributed by atoms with Gasteiger partial charge < -0.3 is 15.0 Å². The molecule has 0 aliphatic carbocycles. The lowest BCUT2D eigenvalue weighted by Crippen LogP contribution is -2.37. The number of amides is 2. The lowest BCUT2D eigenvalue weighted by Gasteiger charge is -2.26. The molecule has 2 aromatic rings. The minimum absolute atomic E-state index is 0.0835. The Morgan fingerprint density at radius 3 is 2.37 bits per heavy atom. The van der Waals surface area contributed by atoms with Crippen LogP contribution < -0.4 is 15.1 Å². The number of hydrogen-bond acceptors (Lipinski definition) is 4. The van der Waals surface area contributed by atoms with Gasteiger partial charge in [-0.1, -0.05) is 56.9 Å². The predicted octanol–water partition coefficient (Wildman–Crippen LogP) is 6.42. The third-order valence-electron chi connectivity index (χ3n) is 6.42. The van der Waals surface area contributed by atoms with Crippen molar-refractivity contribution in [3.63, 3.8) is 0 Å². The second-order valence-corrected chi connectivity index (χ2v) is 8.86. The van der Waals surface area contributed by atoms with Gasteiger partial charge in [0.2, 0.25) is 0 Å². The van der Waals surface area contributed by atoms with E-state index in [1.165, 1.54) is 26.4 Å². The van der Waals surface area contributed by atoms with E-state index >= 15 is 0 Å². The number of nitrogens with one attached hydrogen (secondary N) is 1. The molecule has 2 aromatic carbocycles. The van der Waals surface area contributed by atoms with Gasteiger partial charge in [-0.3, -0.25) is 9.69 Å². The van der Waals surface area contributed by atoms with Crippen molar-refractivity contribution in [2.24, 2.45) is 0 Å². The average molecular weight is 482 g/mol. The van der Waals surface area contributed by atoms with Crippen LogP contribution in [0.4, 0.5) is 16.2 Å². The molecular weight excluding hydrogens is 438 g/mol. The van der Waals surface area contributed by atoms with Crippen LogP contribution in [-0.2, 0) is 16.0 Å². The highest BCUT2D eigenvalue weighted by Gasteiger charge is 2.15. The van der Waals surface area contributed by atoms with Crippen molar-refractivity contribution in [1.82, 2.24) is 5.32 Å². The number of aryl methyl sites for hydroxylation is 1. The number of benzene rings is 2. The van der Waals surface area contributed by atoms with Crippen LogP contribution in [0.3, 0.4) is 0 Å². The van der Waals surface area contributed by atoms with E-state index in [1.54, 1.807) is 4.90 Å². The number of methoxy groups -OCH3 is 1. The molecule has 0 aromatic heterocycles. The SMILES string of the molecule is CCCCCCCNC(=O)N(C)c1cccc(-c2ccc(CCC(=O)OC)cc2N(CC)CC)c1. The van der Waals surface area contributed by atoms with Crippen molar-refractivity contribution in [3.8, 4) is 11.1 Å². The number of carbonyl (C=O) groups excluding carboxylic acids is 2. The van der Waals surface area contributed by atoms with Gasteiger partial charge in [-0.15, -0.1) is 0 Å². The fourth-order valence-corrected chi connectivity index (χ4v) is 4.19. The van der Waals surface area contributed by atoms with Crippen molar-refractivity contribution < 1.29 is 14.3 Å². The number of anilines is 2. The molecular formula is C29H43N3O3. The maximum absolute atomic E-state index is 12.7. The number of rotatable bonds is 14. The van der Waals surface area contributed by atoms with Crippen LogP contribution in [0.2, 0.25) is 0 Å². The fourth-order valence-electron chi connectivity index (χ4n) is 4.19. The molecule has 0 atom stereocenters. The standard InChI is InChI=1S/C29H43N3O3/c1-6-9-10-11-12-20-30-29(34)31(4)25-15-13-14-24(22-25)26-18-16-23(17-19-28(33)35-5)21-27(26)32(7-2)8-3/h13-16,18,21-22H,6-12,17,19-20H2,1-5H3,(H,30,34). The summed E-state index contributed by atoms with van der Waals surface area (Å²) in [5.41, 5.74) is 5.26. The van der Waals surface area contributed by atoms with Crippen LogP contribution >= 0.6 is 0 Å². The molecule has 0 unspecified atom stereocenters. The van der Waals surface area contributed by atoms with E-state index in [1.807, 2.05) is 19.2 Å². The van der Waals surface area contributed by atoms with Crippen LogP contribution in [0.1, 0.15) is 64.9 Å². The minimum Gasteiger partial charge on any atom is -0.469 e. The van der Waals surface area contributed by atoms with Crippen molar-refractivity contribution in [2.45, 2.75) is 65.7 Å². The first kappa shape index (κ1) is 28.2. The molecule has 0 heterocycles. The van der Waals surface area contributed by atoms with Gasteiger partial charge in [0.25, 0.3) is 0 Å². The smallest absolute Gasteiger partial charge is 0.321 e. The van der Waals surface area contributed by atoms with E-state index in [0.29, 0.717) is 19.4 Å². The van der Waals surface area contributed by atoms with E-state index in [2.05, 4.69) is 61.3 Å². The summed E-state index contributed by atoms with van der Waals surface area (Å²) in [7, 11) is 3.23. The Morgan fingerprint density at radius 2 is 1.69 bits per heavy atom. The summed E-state index contributed by atoms with van der Waals surface area (Å²) in [6.07, 6.45) is 6.86. The molecule has 0 aliphatic rings. The van der Waals surface area contributed by atoms with Crippen molar-refractivity contribution >= 4 is 23.4 Å². The van der Waals surface area contributed by atoms with E-state index in [9.17, 15) is 9.59 Å². The maximum Gasteiger partial charge on any atom is 0.321 e. The van der Waals surface area contributed by atoms with Crippen LogP contribution in [0.5, 0.6) is 0 Å². The summed E-state index contributed by atoms with van der Waals surface area (Å²) in [4.78, 5) is 28.3. The number of nitrogens with zero attached hydrogens (tertiary/aromatic N) is 2. The Bertz CT molecular complexity index is 941. The van der Waals surface area contributed by atoms with Crippen LogP contribution in [-0.4, -0.2) is 45.8 Å². The van der Waals surface area contributed by atoms with Crippen molar-refractivity contribution in [1.29, 1.82) is 0 Å². The molecule has 35 heavy (non-hydrogen) atoms. The summed E-state index contributed by atoms with van der Waals surface area (Å²) >= 11 is 0. The predicted molar refractivity (Wildman–Crippen MR) is 146 cm³/mol. The zero-order valence-corrected chi connectivity index (χ0v) is 22.2. The molecule has 0 spiro atoms. The highest BCUT2D eigenvalue weighted by molar-refractivity contribution is 5.92. The van der Waals surface area contributed by atoms with Crippen LogP contribution in [0, 0.1) is 0 Å². The van der Waals surface area contributed by atoms with Crippen LogP contribution in [0.25, 0.3) is 11.1 Å². The zero-order valence-electron chi connectivity index (χ0n) is 22.2. The lowest BCUT2D eigenvalue weighted by atomic mass is 9.98. The van der Waals surface area contributed by atoms with Gasteiger partial charge in [0.1, 0.15) is 0 Å². The first-order valence-electron chi connectivity index (χ1n) is 13.0. The number of unbranched alkanes of at least 4 members (excludes halogenated alkanes) is 4. The van der Waals surface area contributed by atoms with Crippen LogP contribution in [0.15, 0.2) is 42.5 Å². The highest BCUT2D eigenvalue weighted by Crippen LogP contribution is 2.34. The van der Waals surface area contributed by atoms with Crippen molar-refractivity contribution in [2.75, 3.05) is 43.6 Å². The number of ether oxygens (including phenoxy) is 1. The quantitative estimate of drug-likeness (QED) is 0.250.